The van der Waals surface area contributed by atoms with Gasteiger partial charge in [-0.3, -0.25) is 0 Å². The van der Waals surface area contributed by atoms with Gasteiger partial charge in [0.05, 0.1) is 12.8 Å². The number of hydrogen-bond acceptors (Lipinski definition) is 2. The minimum Gasteiger partial charge on any atom is -0.495 e. The van der Waals surface area contributed by atoms with Crippen LogP contribution in [0.4, 0.5) is 10.5 Å². The molecule has 0 aromatic heterocycles. The van der Waals surface area contributed by atoms with E-state index < -0.39 is 0 Å². The first-order valence-electron chi connectivity index (χ1n) is 4.87. The van der Waals surface area contributed by atoms with Crippen molar-refractivity contribution < 1.29 is 9.53 Å². The van der Waals surface area contributed by atoms with E-state index in [0.717, 1.165) is 5.56 Å². The number of benzene rings is 1. The third kappa shape index (κ3) is 3.16. The highest BCUT2D eigenvalue weighted by molar-refractivity contribution is 5.90. The lowest BCUT2D eigenvalue weighted by atomic mass is 10.2. The molecule has 0 unspecified atom stereocenters. The van der Waals surface area contributed by atoms with Gasteiger partial charge in [-0.05, 0) is 31.5 Å². The summed E-state index contributed by atoms with van der Waals surface area (Å²) in [5, 5.41) is 5.37. The summed E-state index contributed by atoms with van der Waals surface area (Å²) in [6.45, 7) is 4.43. The van der Waals surface area contributed by atoms with Crippen LogP contribution in [0.15, 0.2) is 18.2 Å². The summed E-state index contributed by atoms with van der Waals surface area (Å²) < 4.78 is 5.16. The molecule has 0 aliphatic heterocycles. The molecule has 4 nitrogen and oxygen atoms in total. The van der Waals surface area contributed by atoms with Crippen LogP contribution in [-0.2, 0) is 0 Å². The zero-order valence-electron chi connectivity index (χ0n) is 9.26. The first kappa shape index (κ1) is 11.4. The smallest absolute Gasteiger partial charge is 0.319 e. The van der Waals surface area contributed by atoms with Crippen LogP contribution in [0, 0.1) is 6.92 Å². The van der Waals surface area contributed by atoms with E-state index >= 15 is 0 Å². The molecule has 82 valence electrons. The minimum atomic E-state index is -0.223. The first-order chi connectivity index (χ1) is 7.17. The fraction of sp³-hybridized carbons (Fsp3) is 0.364. The number of carbonyl (C=O) groups is 1. The lowest BCUT2D eigenvalue weighted by Crippen LogP contribution is -2.28. The first-order valence-corrected chi connectivity index (χ1v) is 4.87. The molecule has 0 atom stereocenters. The molecule has 4 heteroatoms. The van der Waals surface area contributed by atoms with Gasteiger partial charge in [0.1, 0.15) is 5.75 Å². The predicted molar refractivity (Wildman–Crippen MR) is 60.4 cm³/mol. The molecular weight excluding hydrogens is 192 g/mol. The van der Waals surface area contributed by atoms with E-state index in [2.05, 4.69) is 10.6 Å². The minimum absolute atomic E-state index is 0.223. The fourth-order valence-electron chi connectivity index (χ4n) is 1.23. The lowest BCUT2D eigenvalue weighted by Gasteiger charge is -2.10. The highest BCUT2D eigenvalue weighted by atomic mass is 16.5. The molecule has 2 amide bonds. The van der Waals surface area contributed by atoms with Crippen LogP contribution >= 0.6 is 0 Å². The van der Waals surface area contributed by atoms with Crippen LogP contribution in [0.3, 0.4) is 0 Å². The van der Waals surface area contributed by atoms with Crippen LogP contribution in [0.5, 0.6) is 5.75 Å². The molecule has 2 N–H and O–H groups in total. The highest BCUT2D eigenvalue weighted by Crippen LogP contribution is 2.24. The maximum absolute atomic E-state index is 11.3. The zero-order valence-corrected chi connectivity index (χ0v) is 9.26. The molecule has 0 saturated heterocycles. The van der Waals surface area contributed by atoms with Crippen molar-refractivity contribution in [2.24, 2.45) is 0 Å². The van der Waals surface area contributed by atoms with Gasteiger partial charge in [-0.1, -0.05) is 6.07 Å². The number of methoxy groups -OCH3 is 1. The van der Waals surface area contributed by atoms with Crippen molar-refractivity contribution in [1.29, 1.82) is 0 Å². The van der Waals surface area contributed by atoms with Crippen molar-refractivity contribution in [3.8, 4) is 5.75 Å². The number of nitrogens with one attached hydrogen (secondary N) is 2. The average Bonchev–Trinajstić information content (AvgIpc) is 2.21. The molecule has 0 radical (unpaired) electrons. The Morgan fingerprint density at radius 1 is 1.47 bits per heavy atom. The van der Waals surface area contributed by atoms with Crippen molar-refractivity contribution in [3.05, 3.63) is 23.8 Å². The standard InChI is InChI=1S/C11H16N2O2/c1-4-12-11(14)13-9-6-5-8(2)7-10(9)15-3/h5-7H,4H2,1-3H3,(H2,12,13,14). The molecule has 0 spiro atoms. The number of amides is 2. The van der Waals surface area contributed by atoms with Gasteiger partial charge in [-0.25, -0.2) is 4.79 Å². The van der Waals surface area contributed by atoms with Gasteiger partial charge in [0.15, 0.2) is 0 Å². The molecule has 1 aromatic carbocycles. The monoisotopic (exact) mass is 208 g/mol. The van der Waals surface area contributed by atoms with E-state index in [1.807, 2.05) is 32.0 Å². The Balaban J connectivity index is 2.80. The third-order valence-electron chi connectivity index (χ3n) is 1.94. The molecule has 15 heavy (non-hydrogen) atoms. The average molecular weight is 208 g/mol. The Hall–Kier alpha value is -1.71. The van der Waals surface area contributed by atoms with Gasteiger partial charge in [0, 0.05) is 6.54 Å². The van der Waals surface area contributed by atoms with E-state index in [0.29, 0.717) is 18.0 Å². The topological polar surface area (TPSA) is 50.4 Å². The van der Waals surface area contributed by atoms with Crippen LogP contribution in [0.25, 0.3) is 0 Å². The van der Waals surface area contributed by atoms with Crippen molar-refractivity contribution in [3.63, 3.8) is 0 Å². The van der Waals surface area contributed by atoms with Gasteiger partial charge in [-0.2, -0.15) is 0 Å². The quantitative estimate of drug-likeness (QED) is 0.799. The van der Waals surface area contributed by atoms with Crippen molar-refractivity contribution in [2.75, 3.05) is 19.0 Å². The van der Waals surface area contributed by atoms with Crippen LogP contribution < -0.4 is 15.4 Å². The van der Waals surface area contributed by atoms with Crippen molar-refractivity contribution >= 4 is 11.7 Å². The normalized spacial score (nSPS) is 9.53. The second-order valence-corrected chi connectivity index (χ2v) is 3.19. The van der Waals surface area contributed by atoms with Gasteiger partial charge in [0.2, 0.25) is 0 Å². The van der Waals surface area contributed by atoms with Crippen LogP contribution in [0.2, 0.25) is 0 Å². The SMILES string of the molecule is CCNC(=O)Nc1ccc(C)cc1OC. The second-order valence-electron chi connectivity index (χ2n) is 3.19. The zero-order chi connectivity index (χ0) is 11.3. The maximum Gasteiger partial charge on any atom is 0.319 e. The fourth-order valence-corrected chi connectivity index (χ4v) is 1.23. The van der Waals surface area contributed by atoms with Crippen molar-refractivity contribution in [1.82, 2.24) is 5.32 Å². The number of urea groups is 1. The summed E-state index contributed by atoms with van der Waals surface area (Å²) in [6.07, 6.45) is 0. The number of hydrogen-bond donors (Lipinski definition) is 2. The molecule has 0 bridgehead atoms. The molecule has 0 fully saturated rings. The van der Waals surface area contributed by atoms with E-state index in [1.165, 1.54) is 0 Å². The molecule has 0 aliphatic carbocycles. The Bertz CT molecular complexity index is 350. The molecule has 0 heterocycles. The molecule has 0 aliphatic rings. The second kappa shape index (κ2) is 5.24. The van der Waals surface area contributed by atoms with Gasteiger partial charge >= 0.3 is 6.03 Å². The summed E-state index contributed by atoms with van der Waals surface area (Å²) in [6, 6.07) is 5.40. The third-order valence-corrected chi connectivity index (χ3v) is 1.94. The molecule has 0 saturated carbocycles. The molecule has 1 aromatic rings. The highest BCUT2D eigenvalue weighted by Gasteiger charge is 2.05. The Morgan fingerprint density at radius 3 is 2.80 bits per heavy atom. The van der Waals surface area contributed by atoms with E-state index in [-0.39, 0.29) is 6.03 Å². The Kier molecular flexibility index (Phi) is 3.97. The number of rotatable bonds is 3. The van der Waals surface area contributed by atoms with Crippen molar-refractivity contribution in [2.45, 2.75) is 13.8 Å². The number of aryl methyl sites for hydroxylation is 1. The maximum atomic E-state index is 11.3. The Morgan fingerprint density at radius 2 is 2.20 bits per heavy atom. The number of carbonyl (C=O) groups excluding carboxylic acids is 1. The number of ether oxygens (including phenoxy) is 1. The largest absolute Gasteiger partial charge is 0.495 e. The predicted octanol–water partition coefficient (Wildman–Crippen LogP) is 2.15. The summed E-state index contributed by atoms with van der Waals surface area (Å²) in [4.78, 5) is 11.3. The summed E-state index contributed by atoms with van der Waals surface area (Å²) in [5.41, 5.74) is 1.77. The summed E-state index contributed by atoms with van der Waals surface area (Å²) in [5.74, 6) is 0.668. The van der Waals surface area contributed by atoms with Crippen LogP contribution in [0.1, 0.15) is 12.5 Å². The van der Waals surface area contributed by atoms with Gasteiger partial charge < -0.3 is 15.4 Å². The van der Waals surface area contributed by atoms with E-state index in [9.17, 15) is 4.79 Å². The number of anilines is 1. The summed E-state index contributed by atoms with van der Waals surface area (Å²) in [7, 11) is 1.58. The Labute approximate surface area is 89.6 Å². The van der Waals surface area contributed by atoms with Crippen LogP contribution in [-0.4, -0.2) is 19.7 Å². The summed E-state index contributed by atoms with van der Waals surface area (Å²) >= 11 is 0. The van der Waals surface area contributed by atoms with E-state index in [1.54, 1.807) is 7.11 Å². The van der Waals surface area contributed by atoms with Gasteiger partial charge in [0.25, 0.3) is 0 Å². The molecule has 1 rings (SSSR count). The van der Waals surface area contributed by atoms with Gasteiger partial charge in [-0.15, -0.1) is 0 Å². The molecular formula is C11H16N2O2. The lowest BCUT2D eigenvalue weighted by molar-refractivity contribution is 0.252. The van der Waals surface area contributed by atoms with E-state index in [4.69, 9.17) is 4.74 Å².